The Bertz CT molecular complexity index is 950. The van der Waals surface area contributed by atoms with Crippen molar-refractivity contribution in [3.8, 4) is 0 Å². The molecule has 9 nitrogen and oxygen atoms in total. The fraction of sp³-hybridized carbons (Fsp3) is 0.474. The lowest BCUT2D eigenvalue weighted by Crippen LogP contribution is -2.45. The fourth-order valence-corrected chi connectivity index (χ4v) is 3.71. The highest BCUT2D eigenvalue weighted by Crippen LogP contribution is 2.19. The molecule has 1 unspecified atom stereocenters. The van der Waals surface area contributed by atoms with E-state index in [0.29, 0.717) is 5.39 Å². The second-order valence-corrected chi connectivity index (χ2v) is 7.18. The van der Waals surface area contributed by atoms with Crippen molar-refractivity contribution >= 4 is 28.3 Å². The number of piperidine rings is 1. The number of imide groups is 1. The van der Waals surface area contributed by atoms with Crippen LogP contribution >= 0.6 is 0 Å². The molecule has 9 heteroatoms. The van der Waals surface area contributed by atoms with Crippen LogP contribution in [0.15, 0.2) is 29.2 Å². The molecule has 4 rings (SSSR count). The average Bonchev–Trinajstić information content (AvgIpc) is 2.70. The number of amides is 2. The zero-order valence-electron chi connectivity index (χ0n) is 15.6. The first kappa shape index (κ1) is 18.6. The van der Waals surface area contributed by atoms with Crippen molar-refractivity contribution < 1.29 is 9.59 Å². The van der Waals surface area contributed by atoms with Gasteiger partial charge in [0.25, 0.3) is 11.5 Å². The van der Waals surface area contributed by atoms with Gasteiger partial charge in [0.15, 0.2) is 0 Å². The van der Waals surface area contributed by atoms with Gasteiger partial charge < -0.3 is 10.6 Å². The Hall–Kier alpha value is -2.78. The molecule has 1 atom stereocenters. The van der Waals surface area contributed by atoms with E-state index in [-0.39, 0.29) is 24.3 Å². The summed E-state index contributed by atoms with van der Waals surface area (Å²) in [6.07, 6.45) is 2.09. The number of hydrogen-bond donors (Lipinski definition) is 3. The highest BCUT2D eigenvalue weighted by atomic mass is 16.2. The van der Waals surface area contributed by atoms with Gasteiger partial charge in [-0.3, -0.25) is 24.6 Å². The van der Waals surface area contributed by atoms with Crippen LogP contribution in [0, 0.1) is 0 Å². The van der Waals surface area contributed by atoms with Gasteiger partial charge in [0.1, 0.15) is 6.04 Å². The molecule has 0 spiro atoms. The molecule has 1 aromatic heterocycles. The second kappa shape index (κ2) is 8.07. The summed E-state index contributed by atoms with van der Waals surface area (Å²) in [5.41, 5.74) is 0.613. The quantitative estimate of drug-likeness (QED) is 0.607. The van der Waals surface area contributed by atoms with Crippen LogP contribution in [-0.4, -0.2) is 65.8 Å². The van der Waals surface area contributed by atoms with Gasteiger partial charge in [-0.05, 0) is 24.6 Å². The first-order chi connectivity index (χ1) is 13.6. The van der Waals surface area contributed by atoms with E-state index < -0.39 is 11.9 Å². The number of fused-ring (bicyclic) bond motifs is 1. The largest absolute Gasteiger partial charge is 0.384 e. The van der Waals surface area contributed by atoms with Crippen molar-refractivity contribution in [2.45, 2.75) is 18.9 Å². The lowest BCUT2D eigenvalue weighted by Gasteiger charge is -2.27. The minimum absolute atomic E-state index is 0.207. The topological polar surface area (TPSA) is 108 Å². The van der Waals surface area contributed by atoms with Crippen LogP contribution in [0.3, 0.4) is 0 Å². The molecule has 2 aliphatic rings. The van der Waals surface area contributed by atoms with E-state index in [2.05, 4.69) is 25.9 Å². The van der Waals surface area contributed by atoms with Crippen molar-refractivity contribution in [2.24, 2.45) is 0 Å². The number of nitrogens with one attached hydrogen (secondary N) is 3. The maximum atomic E-state index is 12.8. The van der Waals surface area contributed by atoms with E-state index in [9.17, 15) is 14.4 Å². The first-order valence-electron chi connectivity index (χ1n) is 9.64. The third kappa shape index (κ3) is 3.90. The number of rotatable bonds is 5. The standard InChI is InChI=1S/C19H24N6O3/c26-17-4-3-16(18(27)23-17)25-19(28)15-2-1-14(11-13(15)12-22-25)21-7-10-24-8-5-20-6-9-24/h1-2,11-12,16,20-21H,3-10H2,(H,23,26,27). The normalized spacial score (nSPS) is 20.9. The number of piperazine rings is 1. The van der Waals surface area contributed by atoms with Gasteiger partial charge in [0.05, 0.1) is 11.6 Å². The molecule has 2 amide bonds. The van der Waals surface area contributed by atoms with E-state index in [1.807, 2.05) is 12.1 Å². The van der Waals surface area contributed by atoms with Crippen molar-refractivity contribution in [3.05, 3.63) is 34.7 Å². The molecule has 2 fully saturated rings. The van der Waals surface area contributed by atoms with E-state index in [4.69, 9.17) is 0 Å². The van der Waals surface area contributed by atoms with Gasteiger partial charge in [-0.1, -0.05) is 0 Å². The van der Waals surface area contributed by atoms with E-state index in [1.54, 1.807) is 12.3 Å². The van der Waals surface area contributed by atoms with Crippen LogP contribution in [0.1, 0.15) is 18.9 Å². The Kier molecular flexibility index (Phi) is 5.36. The SMILES string of the molecule is O=C1CCC(n2ncc3cc(NCCN4CCNCC4)ccc3c2=O)C(=O)N1. The van der Waals surface area contributed by atoms with E-state index >= 15 is 0 Å². The third-order valence-electron chi connectivity index (χ3n) is 5.28. The molecular weight excluding hydrogens is 360 g/mol. The molecular formula is C19H24N6O3. The molecule has 3 N–H and O–H groups in total. The summed E-state index contributed by atoms with van der Waals surface area (Å²) in [5.74, 6) is -0.789. The number of anilines is 1. The van der Waals surface area contributed by atoms with Crippen molar-refractivity contribution in [1.29, 1.82) is 0 Å². The van der Waals surface area contributed by atoms with Crippen LogP contribution in [0.25, 0.3) is 10.8 Å². The van der Waals surface area contributed by atoms with E-state index in [0.717, 1.165) is 50.3 Å². The Morgan fingerprint density at radius 2 is 2.00 bits per heavy atom. The highest BCUT2D eigenvalue weighted by Gasteiger charge is 2.29. The summed E-state index contributed by atoms with van der Waals surface area (Å²) < 4.78 is 1.18. The number of carbonyl (C=O) groups excluding carboxylic acids is 2. The van der Waals surface area contributed by atoms with Gasteiger partial charge in [-0.15, -0.1) is 0 Å². The molecule has 0 bridgehead atoms. The molecule has 28 heavy (non-hydrogen) atoms. The summed E-state index contributed by atoms with van der Waals surface area (Å²) >= 11 is 0. The zero-order chi connectivity index (χ0) is 19.5. The van der Waals surface area contributed by atoms with Gasteiger partial charge in [-0.2, -0.15) is 5.10 Å². The van der Waals surface area contributed by atoms with Gasteiger partial charge >= 0.3 is 0 Å². The molecule has 2 aromatic rings. The highest BCUT2D eigenvalue weighted by molar-refractivity contribution is 5.99. The summed E-state index contributed by atoms with van der Waals surface area (Å²) in [7, 11) is 0. The predicted molar refractivity (Wildman–Crippen MR) is 105 cm³/mol. The fourth-order valence-electron chi connectivity index (χ4n) is 3.71. The van der Waals surface area contributed by atoms with Crippen LogP contribution in [0.4, 0.5) is 5.69 Å². The Morgan fingerprint density at radius 3 is 2.79 bits per heavy atom. The summed E-state index contributed by atoms with van der Waals surface area (Å²) in [5, 5.41) is 14.4. The van der Waals surface area contributed by atoms with Gasteiger partial charge in [-0.25, -0.2) is 4.68 Å². The molecule has 2 aliphatic heterocycles. The molecule has 2 saturated heterocycles. The van der Waals surface area contributed by atoms with Crippen LogP contribution in [0.5, 0.6) is 0 Å². The van der Waals surface area contributed by atoms with Gasteiger partial charge in [0, 0.05) is 56.8 Å². The Labute approximate surface area is 162 Å². The van der Waals surface area contributed by atoms with Crippen LogP contribution < -0.4 is 21.5 Å². The summed E-state index contributed by atoms with van der Waals surface area (Å²) in [4.78, 5) is 38.6. The zero-order valence-corrected chi connectivity index (χ0v) is 15.6. The Balaban J connectivity index is 1.47. The van der Waals surface area contributed by atoms with Crippen LogP contribution in [-0.2, 0) is 9.59 Å². The lowest BCUT2D eigenvalue weighted by molar-refractivity contribution is -0.136. The van der Waals surface area contributed by atoms with Gasteiger partial charge in [0.2, 0.25) is 5.91 Å². The average molecular weight is 384 g/mol. The monoisotopic (exact) mass is 384 g/mol. The molecule has 0 saturated carbocycles. The number of nitrogens with zero attached hydrogens (tertiary/aromatic N) is 3. The van der Waals surface area contributed by atoms with E-state index in [1.165, 1.54) is 4.68 Å². The molecule has 0 radical (unpaired) electrons. The minimum Gasteiger partial charge on any atom is -0.384 e. The summed E-state index contributed by atoms with van der Waals surface area (Å²) in [6, 6.07) is 4.79. The number of carbonyl (C=O) groups is 2. The third-order valence-corrected chi connectivity index (χ3v) is 5.28. The maximum Gasteiger partial charge on any atom is 0.275 e. The number of benzene rings is 1. The molecule has 0 aliphatic carbocycles. The predicted octanol–water partition coefficient (Wildman–Crippen LogP) is -0.309. The summed E-state index contributed by atoms with van der Waals surface area (Å²) in [6.45, 7) is 5.97. The minimum atomic E-state index is -0.744. The maximum absolute atomic E-state index is 12.8. The lowest BCUT2D eigenvalue weighted by atomic mass is 10.1. The van der Waals surface area contributed by atoms with Crippen molar-refractivity contribution in [3.63, 3.8) is 0 Å². The molecule has 1 aromatic carbocycles. The molecule has 3 heterocycles. The molecule has 148 valence electrons. The Morgan fingerprint density at radius 1 is 1.18 bits per heavy atom. The smallest absolute Gasteiger partial charge is 0.275 e. The van der Waals surface area contributed by atoms with Crippen LogP contribution in [0.2, 0.25) is 0 Å². The number of hydrogen-bond acceptors (Lipinski definition) is 7. The second-order valence-electron chi connectivity index (χ2n) is 7.18. The van der Waals surface area contributed by atoms with Crippen molar-refractivity contribution in [1.82, 2.24) is 25.3 Å². The first-order valence-corrected chi connectivity index (χ1v) is 9.64. The van der Waals surface area contributed by atoms with Crippen molar-refractivity contribution in [2.75, 3.05) is 44.6 Å². The number of aromatic nitrogens is 2.